The van der Waals surface area contributed by atoms with Crippen molar-refractivity contribution in [1.29, 1.82) is 0 Å². The molecule has 1 aromatic rings. The fourth-order valence-electron chi connectivity index (χ4n) is 2.00. The third-order valence-corrected chi connectivity index (χ3v) is 3.41. The lowest BCUT2D eigenvalue weighted by molar-refractivity contribution is 0.0730. The van der Waals surface area contributed by atoms with Crippen molar-refractivity contribution >= 4 is 28.9 Å². The summed E-state index contributed by atoms with van der Waals surface area (Å²) >= 11 is 1.83. The van der Waals surface area contributed by atoms with Crippen LogP contribution in [-0.4, -0.2) is 30.1 Å². The molecule has 0 N–H and O–H groups in total. The Labute approximate surface area is 121 Å². The number of carbonyl (C=O) groups is 1. The number of fused-ring (bicyclic) bond motifs is 1. The molecular weight excluding hydrogens is 345 g/mol. The lowest BCUT2D eigenvalue weighted by Gasteiger charge is -2.19. The van der Waals surface area contributed by atoms with E-state index >= 15 is 0 Å². The molecule has 0 spiro atoms. The second-order valence-corrected chi connectivity index (χ2v) is 5.13. The molecule has 0 fully saturated rings. The van der Waals surface area contributed by atoms with Crippen LogP contribution in [-0.2, 0) is 9.61 Å². The Kier molecular flexibility index (Phi) is 4.45. The predicted octanol–water partition coefficient (Wildman–Crippen LogP) is 2.80. The van der Waals surface area contributed by atoms with Crippen LogP contribution < -0.4 is 4.74 Å². The van der Waals surface area contributed by atoms with Gasteiger partial charge in [-0.25, -0.2) is 0 Å². The minimum atomic E-state index is 0.0931. The number of hydrogen-bond acceptors (Lipinski definition) is 3. The number of halogens is 1. The monoisotopic (exact) mass is 361 g/mol. The van der Waals surface area contributed by atoms with Gasteiger partial charge in [-0.2, -0.15) is 0 Å². The topological polar surface area (TPSA) is 38.8 Å². The summed E-state index contributed by atoms with van der Waals surface area (Å²) < 4.78 is 10.4. The van der Waals surface area contributed by atoms with Gasteiger partial charge < -0.3 is 12.7 Å². The van der Waals surface area contributed by atoms with Gasteiger partial charge in [0.15, 0.2) is 0 Å². The molecule has 2 rings (SSSR count). The normalized spacial score (nSPS) is 14.2. The Hall–Kier alpha value is -0.820. The first-order valence-electron chi connectivity index (χ1n) is 5.93. The molecule has 1 aliphatic rings. The third kappa shape index (κ3) is 2.77. The maximum absolute atomic E-state index is 12.2. The quantitative estimate of drug-likeness (QED) is 0.598. The zero-order valence-corrected chi connectivity index (χ0v) is 12.6. The second-order valence-electron chi connectivity index (χ2n) is 4.51. The van der Waals surface area contributed by atoms with Gasteiger partial charge in [0.25, 0.3) is 5.91 Å². The molecule has 1 aromatic carbocycles. The van der Waals surface area contributed by atoms with Crippen LogP contribution in [0.5, 0.6) is 5.75 Å². The number of nitrogens with zero attached hydrogens (tertiary/aromatic N) is 1. The smallest absolute Gasteiger partial charge is 0.254 e. The lowest BCUT2D eigenvalue weighted by atomic mass is 10.1. The van der Waals surface area contributed by atoms with Crippen LogP contribution in [0.15, 0.2) is 18.2 Å². The molecule has 0 unspecified atom stereocenters. The van der Waals surface area contributed by atoms with Gasteiger partial charge in [0.2, 0.25) is 0 Å². The Morgan fingerprint density at radius 3 is 2.83 bits per heavy atom. The number of hydrogen-bond donors (Lipinski definition) is 0. The molecule has 0 radical (unpaired) electrons. The van der Waals surface area contributed by atoms with Crippen molar-refractivity contribution in [3.05, 3.63) is 29.3 Å². The van der Waals surface area contributed by atoms with E-state index in [4.69, 9.17) is 7.80 Å². The zero-order valence-electron chi connectivity index (χ0n) is 10.5. The van der Waals surface area contributed by atoms with Crippen molar-refractivity contribution in [3.8, 4) is 5.75 Å². The summed E-state index contributed by atoms with van der Waals surface area (Å²) in [6.07, 6.45) is 0. The first-order chi connectivity index (χ1) is 8.63. The standard InChI is InChI=1S/C13H16INO3/c1-9(2)15-8-10-3-4-11(17-5-6-18-14)7-12(10)13(15)16/h3-4,7,9H,5-6,8H2,1-2H3. The number of carbonyl (C=O) groups excluding carboxylic acids is 1. The molecule has 18 heavy (non-hydrogen) atoms. The Balaban J connectivity index is 2.12. The van der Waals surface area contributed by atoms with E-state index in [1.165, 1.54) is 0 Å². The Bertz CT molecular complexity index is 448. The molecule has 0 saturated carbocycles. The summed E-state index contributed by atoms with van der Waals surface area (Å²) in [5.41, 5.74) is 1.84. The molecule has 1 heterocycles. The lowest BCUT2D eigenvalue weighted by Crippen LogP contribution is -2.30. The Morgan fingerprint density at radius 1 is 1.39 bits per heavy atom. The Morgan fingerprint density at radius 2 is 2.17 bits per heavy atom. The van der Waals surface area contributed by atoms with Crippen LogP contribution in [0.25, 0.3) is 0 Å². The number of amides is 1. The summed E-state index contributed by atoms with van der Waals surface area (Å²) in [7, 11) is 0. The maximum atomic E-state index is 12.2. The summed E-state index contributed by atoms with van der Waals surface area (Å²) in [5, 5.41) is 0. The highest BCUT2D eigenvalue weighted by Crippen LogP contribution is 2.28. The summed E-state index contributed by atoms with van der Waals surface area (Å²) in [6.45, 7) is 5.77. The van der Waals surface area contributed by atoms with Crippen molar-refractivity contribution in [2.24, 2.45) is 0 Å². The van der Waals surface area contributed by atoms with Crippen LogP contribution in [0.1, 0.15) is 29.8 Å². The number of ether oxygens (including phenoxy) is 1. The average molecular weight is 361 g/mol. The van der Waals surface area contributed by atoms with Crippen molar-refractivity contribution in [3.63, 3.8) is 0 Å². The summed E-state index contributed by atoms with van der Waals surface area (Å²) in [4.78, 5) is 14.0. The largest absolute Gasteiger partial charge is 0.491 e. The molecule has 0 bridgehead atoms. The minimum Gasteiger partial charge on any atom is -0.491 e. The fraction of sp³-hybridized carbons (Fsp3) is 0.462. The maximum Gasteiger partial charge on any atom is 0.254 e. The molecule has 0 atom stereocenters. The van der Waals surface area contributed by atoms with Crippen molar-refractivity contribution < 1.29 is 12.6 Å². The highest BCUT2D eigenvalue weighted by atomic mass is 127. The molecule has 98 valence electrons. The van der Waals surface area contributed by atoms with Gasteiger partial charge in [0.1, 0.15) is 35.4 Å². The van der Waals surface area contributed by atoms with Crippen LogP contribution in [0.3, 0.4) is 0 Å². The first-order valence-corrected chi connectivity index (χ1v) is 6.82. The van der Waals surface area contributed by atoms with Gasteiger partial charge in [-0.05, 0) is 31.5 Å². The molecule has 0 saturated heterocycles. The van der Waals surface area contributed by atoms with E-state index in [1.54, 1.807) is 0 Å². The van der Waals surface area contributed by atoms with E-state index in [2.05, 4.69) is 0 Å². The van der Waals surface area contributed by atoms with E-state index in [-0.39, 0.29) is 11.9 Å². The molecule has 1 aliphatic heterocycles. The van der Waals surface area contributed by atoms with Crippen molar-refractivity contribution in [2.45, 2.75) is 26.4 Å². The van der Waals surface area contributed by atoms with Gasteiger partial charge in [0, 0.05) is 18.2 Å². The van der Waals surface area contributed by atoms with Crippen LogP contribution in [0, 0.1) is 0 Å². The third-order valence-electron chi connectivity index (χ3n) is 2.97. The number of benzene rings is 1. The van der Waals surface area contributed by atoms with Gasteiger partial charge >= 0.3 is 0 Å². The molecule has 1 amide bonds. The summed E-state index contributed by atoms with van der Waals surface area (Å²) in [5.74, 6) is 0.816. The van der Waals surface area contributed by atoms with E-state index in [1.807, 2.05) is 60.0 Å². The van der Waals surface area contributed by atoms with Gasteiger partial charge in [-0.1, -0.05) is 6.07 Å². The highest BCUT2D eigenvalue weighted by Gasteiger charge is 2.29. The number of rotatable bonds is 5. The molecule has 4 nitrogen and oxygen atoms in total. The first kappa shape index (κ1) is 13.6. The van der Waals surface area contributed by atoms with E-state index < -0.39 is 0 Å². The van der Waals surface area contributed by atoms with Crippen molar-refractivity contribution in [2.75, 3.05) is 13.2 Å². The molecule has 0 aliphatic carbocycles. The van der Waals surface area contributed by atoms with Gasteiger partial charge in [-0.15, -0.1) is 0 Å². The van der Waals surface area contributed by atoms with E-state index in [0.717, 1.165) is 16.9 Å². The zero-order chi connectivity index (χ0) is 13.1. The SMILES string of the molecule is CC(C)N1Cc2ccc(OCCOI)cc2C1=O. The van der Waals surface area contributed by atoms with Gasteiger partial charge in [-0.3, -0.25) is 4.79 Å². The van der Waals surface area contributed by atoms with Crippen molar-refractivity contribution in [1.82, 2.24) is 4.90 Å². The molecular formula is C13H16INO3. The fourth-order valence-corrected chi connectivity index (χ4v) is 2.18. The second kappa shape index (κ2) is 5.88. The summed E-state index contributed by atoms with van der Waals surface area (Å²) in [6, 6.07) is 5.92. The van der Waals surface area contributed by atoms with E-state index in [9.17, 15) is 4.79 Å². The minimum absolute atomic E-state index is 0.0931. The van der Waals surface area contributed by atoms with Crippen LogP contribution >= 0.6 is 23.0 Å². The highest BCUT2D eigenvalue weighted by molar-refractivity contribution is 14.1. The van der Waals surface area contributed by atoms with Gasteiger partial charge in [0.05, 0.1) is 6.61 Å². The van der Waals surface area contributed by atoms with Crippen LogP contribution in [0.2, 0.25) is 0 Å². The predicted molar refractivity (Wildman–Crippen MR) is 76.9 cm³/mol. The molecule has 0 aromatic heterocycles. The van der Waals surface area contributed by atoms with E-state index in [0.29, 0.717) is 19.8 Å². The average Bonchev–Trinajstić information content (AvgIpc) is 2.67. The molecule has 5 heteroatoms. The van der Waals surface area contributed by atoms with Crippen LogP contribution in [0.4, 0.5) is 0 Å².